The van der Waals surface area contributed by atoms with Crippen molar-refractivity contribution in [3.8, 4) is 5.88 Å². The first-order chi connectivity index (χ1) is 8.75. The second-order valence-electron chi connectivity index (χ2n) is 4.72. The second-order valence-corrected chi connectivity index (χ2v) is 5.87. The summed E-state index contributed by atoms with van der Waals surface area (Å²) in [4.78, 5) is 14.3. The minimum Gasteiger partial charge on any atom is -0.478 e. The van der Waals surface area contributed by atoms with Gasteiger partial charge in [0.15, 0.2) is 5.69 Å². The summed E-state index contributed by atoms with van der Waals surface area (Å²) >= 11 is 1.90. The van der Waals surface area contributed by atoms with Gasteiger partial charge in [0.1, 0.15) is 0 Å². The van der Waals surface area contributed by atoms with E-state index in [1.807, 2.05) is 16.7 Å². The van der Waals surface area contributed by atoms with Crippen LogP contribution in [0.4, 0.5) is 0 Å². The molecular formula is C12H17N3O2S. The van der Waals surface area contributed by atoms with Gasteiger partial charge in [0.25, 0.3) is 5.91 Å². The molecule has 1 aromatic rings. The maximum Gasteiger partial charge on any atom is 0.274 e. The van der Waals surface area contributed by atoms with E-state index in [1.165, 1.54) is 0 Å². The van der Waals surface area contributed by atoms with Gasteiger partial charge < -0.3 is 9.64 Å². The molecule has 3 rings (SSSR count). The molecular weight excluding hydrogens is 250 g/mol. The summed E-state index contributed by atoms with van der Waals surface area (Å²) in [6.07, 6.45) is 0.957. The molecule has 98 valence electrons. The van der Waals surface area contributed by atoms with E-state index >= 15 is 0 Å². The van der Waals surface area contributed by atoms with E-state index in [2.05, 4.69) is 12.0 Å². The number of aryl methyl sites for hydroxylation is 1. The van der Waals surface area contributed by atoms with E-state index in [0.29, 0.717) is 5.69 Å². The number of carbonyl (C=O) groups is 1. The van der Waals surface area contributed by atoms with Crippen molar-refractivity contribution in [2.24, 2.45) is 0 Å². The third kappa shape index (κ3) is 2.09. The number of ether oxygens (including phenoxy) is 1. The molecule has 0 radical (unpaired) electrons. The van der Waals surface area contributed by atoms with Crippen molar-refractivity contribution in [2.45, 2.75) is 25.9 Å². The monoisotopic (exact) mass is 267 g/mol. The molecule has 0 spiro atoms. The van der Waals surface area contributed by atoms with Gasteiger partial charge in [-0.2, -0.15) is 16.9 Å². The molecule has 1 amide bonds. The minimum atomic E-state index is 0.0355. The van der Waals surface area contributed by atoms with Crippen LogP contribution in [0.3, 0.4) is 0 Å². The first-order valence-electron chi connectivity index (χ1n) is 6.35. The fraction of sp³-hybridized carbons (Fsp3) is 0.667. The SMILES string of the molecule is CC1CSCCN1C(=O)c1cc2n(n1)CCCO2. The van der Waals surface area contributed by atoms with Crippen molar-refractivity contribution in [1.82, 2.24) is 14.7 Å². The molecule has 3 heterocycles. The Hall–Kier alpha value is -1.17. The Morgan fingerprint density at radius 2 is 2.44 bits per heavy atom. The van der Waals surface area contributed by atoms with Crippen LogP contribution in [0.2, 0.25) is 0 Å². The van der Waals surface area contributed by atoms with E-state index in [4.69, 9.17) is 4.74 Å². The number of carbonyl (C=O) groups excluding carboxylic acids is 1. The van der Waals surface area contributed by atoms with Crippen molar-refractivity contribution in [2.75, 3.05) is 24.7 Å². The number of amides is 1. The lowest BCUT2D eigenvalue weighted by Crippen LogP contribution is -2.44. The van der Waals surface area contributed by atoms with Gasteiger partial charge in [0.2, 0.25) is 5.88 Å². The first kappa shape index (κ1) is 11.9. The molecule has 0 N–H and O–H groups in total. The van der Waals surface area contributed by atoms with Crippen molar-refractivity contribution >= 4 is 17.7 Å². The van der Waals surface area contributed by atoms with Crippen LogP contribution >= 0.6 is 11.8 Å². The van der Waals surface area contributed by atoms with Gasteiger partial charge in [0.05, 0.1) is 6.61 Å². The van der Waals surface area contributed by atoms with Crippen LogP contribution < -0.4 is 4.74 Å². The summed E-state index contributed by atoms with van der Waals surface area (Å²) in [5.41, 5.74) is 0.519. The zero-order valence-electron chi connectivity index (χ0n) is 10.5. The predicted molar refractivity (Wildman–Crippen MR) is 70.2 cm³/mol. The van der Waals surface area contributed by atoms with Crippen LogP contribution in [0.25, 0.3) is 0 Å². The van der Waals surface area contributed by atoms with E-state index in [0.717, 1.165) is 43.5 Å². The van der Waals surface area contributed by atoms with Gasteiger partial charge in [0, 0.05) is 43.1 Å². The quantitative estimate of drug-likeness (QED) is 0.768. The number of fused-ring (bicyclic) bond motifs is 1. The fourth-order valence-electron chi connectivity index (χ4n) is 2.35. The van der Waals surface area contributed by atoms with Gasteiger partial charge in [-0.1, -0.05) is 0 Å². The number of nitrogens with zero attached hydrogens (tertiary/aromatic N) is 3. The predicted octanol–water partition coefficient (Wildman–Crippen LogP) is 1.24. The average molecular weight is 267 g/mol. The zero-order valence-corrected chi connectivity index (χ0v) is 11.3. The smallest absolute Gasteiger partial charge is 0.274 e. The Balaban J connectivity index is 1.81. The Morgan fingerprint density at radius 1 is 1.56 bits per heavy atom. The van der Waals surface area contributed by atoms with Crippen LogP contribution in [0, 0.1) is 0 Å². The summed E-state index contributed by atoms with van der Waals surface area (Å²) in [7, 11) is 0. The number of hydrogen-bond acceptors (Lipinski definition) is 4. The van der Waals surface area contributed by atoms with E-state index in [-0.39, 0.29) is 11.9 Å². The van der Waals surface area contributed by atoms with Crippen molar-refractivity contribution < 1.29 is 9.53 Å². The molecule has 2 aliphatic heterocycles. The van der Waals surface area contributed by atoms with Crippen molar-refractivity contribution in [3.05, 3.63) is 11.8 Å². The second kappa shape index (κ2) is 4.84. The summed E-state index contributed by atoms with van der Waals surface area (Å²) in [6.45, 7) is 4.47. The van der Waals surface area contributed by atoms with Gasteiger partial charge in [-0.15, -0.1) is 0 Å². The van der Waals surface area contributed by atoms with Crippen molar-refractivity contribution in [3.63, 3.8) is 0 Å². The number of hydrogen-bond donors (Lipinski definition) is 0. The lowest BCUT2D eigenvalue weighted by atomic mass is 10.2. The molecule has 0 aliphatic carbocycles. The molecule has 1 aromatic heterocycles. The maximum absolute atomic E-state index is 12.4. The topological polar surface area (TPSA) is 47.4 Å². The van der Waals surface area contributed by atoms with E-state index in [9.17, 15) is 4.79 Å². The average Bonchev–Trinajstić information content (AvgIpc) is 2.82. The normalized spacial score (nSPS) is 23.4. The number of rotatable bonds is 1. The van der Waals surface area contributed by atoms with Crippen LogP contribution in [-0.2, 0) is 6.54 Å². The van der Waals surface area contributed by atoms with Crippen LogP contribution in [-0.4, -0.2) is 51.3 Å². The minimum absolute atomic E-state index is 0.0355. The lowest BCUT2D eigenvalue weighted by Gasteiger charge is -2.32. The Bertz CT molecular complexity index is 437. The Labute approximate surface area is 110 Å². The molecule has 0 bridgehead atoms. The summed E-state index contributed by atoms with van der Waals surface area (Å²) in [5.74, 6) is 2.78. The highest BCUT2D eigenvalue weighted by Crippen LogP contribution is 2.22. The molecule has 0 saturated carbocycles. The maximum atomic E-state index is 12.4. The van der Waals surface area contributed by atoms with Crippen LogP contribution in [0.15, 0.2) is 6.07 Å². The molecule has 18 heavy (non-hydrogen) atoms. The fourth-order valence-corrected chi connectivity index (χ4v) is 3.36. The van der Waals surface area contributed by atoms with Gasteiger partial charge in [-0.05, 0) is 6.92 Å². The van der Waals surface area contributed by atoms with E-state index in [1.54, 1.807) is 10.7 Å². The first-order valence-corrected chi connectivity index (χ1v) is 7.50. The summed E-state index contributed by atoms with van der Waals surface area (Å²) < 4.78 is 7.29. The molecule has 5 nitrogen and oxygen atoms in total. The summed E-state index contributed by atoms with van der Waals surface area (Å²) in [6, 6.07) is 2.06. The Morgan fingerprint density at radius 3 is 3.22 bits per heavy atom. The molecule has 1 atom stereocenters. The van der Waals surface area contributed by atoms with Gasteiger partial charge in [-0.3, -0.25) is 4.79 Å². The highest BCUT2D eigenvalue weighted by molar-refractivity contribution is 7.99. The number of thioether (sulfide) groups is 1. The zero-order chi connectivity index (χ0) is 12.5. The third-order valence-corrected chi connectivity index (χ3v) is 4.54. The molecule has 1 saturated heterocycles. The highest BCUT2D eigenvalue weighted by atomic mass is 32.2. The standard InChI is InChI=1S/C12H17N3O2S/c1-9-8-18-6-4-14(9)12(16)10-7-11-15(13-10)3-2-5-17-11/h7,9H,2-6,8H2,1H3. The molecule has 1 fully saturated rings. The highest BCUT2D eigenvalue weighted by Gasteiger charge is 2.27. The van der Waals surface area contributed by atoms with Gasteiger partial charge >= 0.3 is 0 Å². The number of aromatic nitrogens is 2. The summed E-state index contributed by atoms with van der Waals surface area (Å²) in [5, 5.41) is 4.35. The molecule has 1 unspecified atom stereocenters. The largest absolute Gasteiger partial charge is 0.478 e. The molecule has 6 heteroatoms. The molecule has 2 aliphatic rings. The van der Waals surface area contributed by atoms with Crippen LogP contribution in [0.5, 0.6) is 5.88 Å². The Kier molecular flexibility index (Phi) is 3.20. The van der Waals surface area contributed by atoms with Crippen LogP contribution in [0.1, 0.15) is 23.8 Å². The van der Waals surface area contributed by atoms with E-state index < -0.39 is 0 Å². The molecule has 0 aromatic carbocycles. The van der Waals surface area contributed by atoms with Gasteiger partial charge in [-0.25, -0.2) is 4.68 Å². The van der Waals surface area contributed by atoms with Crippen molar-refractivity contribution in [1.29, 1.82) is 0 Å². The lowest BCUT2D eigenvalue weighted by molar-refractivity contribution is 0.0709. The third-order valence-electron chi connectivity index (χ3n) is 3.35.